The molecule has 1 atom stereocenters. The van der Waals surface area contributed by atoms with Crippen LogP contribution in [0.15, 0.2) is 28.7 Å². The predicted molar refractivity (Wildman–Crippen MR) is 84.5 cm³/mol. The van der Waals surface area contributed by atoms with Gasteiger partial charge in [0, 0.05) is 17.6 Å². The van der Waals surface area contributed by atoms with Gasteiger partial charge in [0.15, 0.2) is 13.1 Å². The molecule has 0 spiro atoms. The van der Waals surface area contributed by atoms with Gasteiger partial charge in [-0.2, -0.15) is 0 Å². The second-order valence-electron chi connectivity index (χ2n) is 5.12. The van der Waals surface area contributed by atoms with Crippen LogP contribution in [-0.4, -0.2) is 56.0 Å². The molecule has 0 bridgehead atoms. The van der Waals surface area contributed by atoms with Gasteiger partial charge in [0.25, 0.3) is 11.8 Å². The first-order valence-electron chi connectivity index (χ1n) is 6.91. The number of nitrogens with one attached hydrogen (secondary N) is 3. The van der Waals surface area contributed by atoms with Crippen molar-refractivity contribution in [2.24, 2.45) is 0 Å². The summed E-state index contributed by atoms with van der Waals surface area (Å²) in [6.45, 7) is 1.10. The van der Waals surface area contributed by atoms with Crippen LogP contribution in [0, 0.1) is 0 Å². The lowest BCUT2D eigenvalue weighted by molar-refractivity contribution is -0.862. The normalized spacial score (nSPS) is 15.4. The lowest BCUT2D eigenvalue weighted by atomic mass is 10.3. The van der Waals surface area contributed by atoms with Crippen LogP contribution in [0.2, 0.25) is 0 Å². The van der Waals surface area contributed by atoms with E-state index in [1.807, 2.05) is 18.2 Å². The number of quaternary nitrogens is 1. The maximum Gasteiger partial charge on any atom is 0.324 e. The van der Waals surface area contributed by atoms with E-state index in [1.165, 1.54) is 4.90 Å². The zero-order valence-electron chi connectivity index (χ0n) is 12.2. The van der Waals surface area contributed by atoms with Gasteiger partial charge in [-0.1, -0.05) is 12.1 Å². The fourth-order valence-electron chi connectivity index (χ4n) is 2.16. The van der Waals surface area contributed by atoms with Crippen molar-refractivity contribution >= 4 is 39.5 Å². The highest BCUT2D eigenvalue weighted by Crippen LogP contribution is 2.20. The molecule has 1 aliphatic heterocycles. The zero-order valence-corrected chi connectivity index (χ0v) is 13.8. The zero-order chi connectivity index (χ0) is 16.1. The quantitative estimate of drug-likeness (QED) is 0.651. The van der Waals surface area contributed by atoms with Crippen molar-refractivity contribution in [3.63, 3.8) is 0 Å². The van der Waals surface area contributed by atoms with Gasteiger partial charge in [0.2, 0.25) is 0 Å². The van der Waals surface area contributed by atoms with Gasteiger partial charge in [-0.25, -0.2) is 4.79 Å². The minimum atomic E-state index is -0.365. The van der Waals surface area contributed by atoms with E-state index in [2.05, 4.69) is 26.6 Å². The third-order valence-electron chi connectivity index (χ3n) is 3.22. The smallest absolute Gasteiger partial charge is 0.324 e. The summed E-state index contributed by atoms with van der Waals surface area (Å²) in [4.78, 5) is 37.2. The van der Waals surface area contributed by atoms with Crippen molar-refractivity contribution in [1.82, 2.24) is 10.2 Å². The Labute approximate surface area is 136 Å². The SMILES string of the molecule is C[NH+](CC(=O)Nc1ccccc1Br)CC(=O)N1CCNC1=O. The Kier molecular flexibility index (Phi) is 5.51. The summed E-state index contributed by atoms with van der Waals surface area (Å²) in [7, 11) is 1.74. The Balaban J connectivity index is 1.82. The Hall–Kier alpha value is -1.93. The molecule has 0 radical (unpaired) electrons. The number of likely N-dealkylation sites (N-methyl/N-ethyl adjacent to an activating group) is 1. The molecule has 1 unspecified atom stereocenters. The number of imide groups is 1. The third kappa shape index (κ3) is 4.28. The van der Waals surface area contributed by atoms with Crippen molar-refractivity contribution < 1.29 is 19.3 Å². The van der Waals surface area contributed by atoms with E-state index in [-0.39, 0.29) is 30.9 Å². The standard InChI is InChI=1S/C14H17BrN4O3/c1-18(9-13(21)19-7-6-16-14(19)22)8-12(20)17-11-5-3-2-4-10(11)15/h2-5H,6-9H2,1H3,(H,16,22)(H,17,20)/p+1. The summed E-state index contributed by atoms with van der Waals surface area (Å²) in [5, 5.41) is 5.36. The number of para-hydroxylation sites is 1. The van der Waals surface area contributed by atoms with Gasteiger partial charge < -0.3 is 15.5 Å². The highest BCUT2D eigenvalue weighted by molar-refractivity contribution is 9.10. The molecule has 1 saturated heterocycles. The molecule has 3 N–H and O–H groups in total. The van der Waals surface area contributed by atoms with Crippen molar-refractivity contribution in [3.8, 4) is 0 Å². The van der Waals surface area contributed by atoms with Crippen LogP contribution in [0.5, 0.6) is 0 Å². The number of benzene rings is 1. The molecular weight excluding hydrogens is 352 g/mol. The number of carbonyl (C=O) groups excluding carboxylic acids is 3. The highest BCUT2D eigenvalue weighted by atomic mass is 79.9. The minimum Gasteiger partial charge on any atom is -0.336 e. The molecule has 118 valence electrons. The number of halogens is 1. The Morgan fingerprint density at radius 1 is 1.36 bits per heavy atom. The van der Waals surface area contributed by atoms with Crippen LogP contribution in [0.4, 0.5) is 10.5 Å². The van der Waals surface area contributed by atoms with Crippen LogP contribution in [-0.2, 0) is 9.59 Å². The number of urea groups is 1. The largest absolute Gasteiger partial charge is 0.336 e. The van der Waals surface area contributed by atoms with E-state index < -0.39 is 0 Å². The molecule has 1 fully saturated rings. The predicted octanol–water partition coefficient (Wildman–Crippen LogP) is -0.546. The molecule has 0 saturated carbocycles. The average molecular weight is 370 g/mol. The highest BCUT2D eigenvalue weighted by Gasteiger charge is 2.28. The Bertz CT molecular complexity index is 593. The molecule has 1 heterocycles. The molecule has 1 aliphatic rings. The van der Waals surface area contributed by atoms with Gasteiger partial charge in [0.05, 0.1) is 12.7 Å². The topological polar surface area (TPSA) is 82.9 Å². The fraction of sp³-hybridized carbons (Fsp3) is 0.357. The van der Waals surface area contributed by atoms with Crippen molar-refractivity contribution in [2.75, 3.05) is 38.5 Å². The second-order valence-corrected chi connectivity index (χ2v) is 5.97. The number of anilines is 1. The van der Waals surface area contributed by atoms with Gasteiger partial charge >= 0.3 is 6.03 Å². The molecule has 1 aromatic carbocycles. The Morgan fingerprint density at radius 2 is 2.09 bits per heavy atom. The lowest BCUT2D eigenvalue weighted by Crippen LogP contribution is -3.11. The van der Waals surface area contributed by atoms with E-state index in [9.17, 15) is 14.4 Å². The minimum absolute atomic E-state index is 0.0940. The fourth-order valence-corrected chi connectivity index (χ4v) is 2.54. The van der Waals surface area contributed by atoms with E-state index >= 15 is 0 Å². The van der Waals surface area contributed by atoms with Crippen LogP contribution in [0.1, 0.15) is 0 Å². The second kappa shape index (κ2) is 7.37. The van der Waals surface area contributed by atoms with Gasteiger partial charge in [-0.3, -0.25) is 14.5 Å². The van der Waals surface area contributed by atoms with E-state index in [1.54, 1.807) is 13.1 Å². The number of carbonyl (C=O) groups is 3. The molecule has 7 nitrogen and oxygen atoms in total. The molecular formula is C14H18BrN4O3+. The van der Waals surface area contributed by atoms with Gasteiger partial charge in [0.1, 0.15) is 0 Å². The van der Waals surface area contributed by atoms with Crippen molar-refractivity contribution in [1.29, 1.82) is 0 Å². The first kappa shape index (κ1) is 16.4. The van der Waals surface area contributed by atoms with Crippen LogP contribution in [0.25, 0.3) is 0 Å². The number of amides is 4. The number of rotatable bonds is 5. The third-order valence-corrected chi connectivity index (χ3v) is 3.91. The van der Waals surface area contributed by atoms with Crippen LogP contribution >= 0.6 is 15.9 Å². The summed E-state index contributed by atoms with van der Waals surface area (Å²) in [5.74, 6) is -0.468. The molecule has 0 aliphatic carbocycles. The average Bonchev–Trinajstić information content (AvgIpc) is 2.87. The number of hydrogen-bond donors (Lipinski definition) is 3. The molecule has 22 heavy (non-hydrogen) atoms. The summed E-state index contributed by atoms with van der Waals surface area (Å²) >= 11 is 3.36. The number of hydrogen-bond acceptors (Lipinski definition) is 3. The summed E-state index contributed by atoms with van der Waals surface area (Å²) in [5.41, 5.74) is 0.686. The molecule has 4 amide bonds. The van der Waals surface area contributed by atoms with Gasteiger partial charge in [-0.05, 0) is 28.1 Å². The monoisotopic (exact) mass is 369 g/mol. The molecule has 1 aromatic rings. The van der Waals surface area contributed by atoms with Crippen LogP contribution < -0.4 is 15.5 Å². The first-order valence-corrected chi connectivity index (χ1v) is 7.70. The van der Waals surface area contributed by atoms with Gasteiger partial charge in [-0.15, -0.1) is 0 Å². The Morgan fingerprint density at radius 3 is 2.73 bits per heavy atom. The first-order chi connectivity index (χ1) is 10.5. The summed E-state index contributed by atoms with van der Waals surface area (Å²) in [6.07, 6.45) is 0. The maximum absolute atomic E-state index is 12.0. The summed E-state index contributed by atoms with van der Waals surface area (Å²) in [6, 6.07) is 6.94. The van der Waals surface area contributed by atoms with E-state index in [0.717, 1.165) is 4.47 Å². The summed E-state index contributed by atoms with van der Waals surface area (Å²) < 4.78 is 0.797. The molecule has 8 heteroatoms. The number of nitrogens with zero attached hydrogens (tertiary/aromatic N) is 1. The molecule has 0 aromatic heterocycles. The lowest BCUT2D eigenvalue weighted by Gasteiger charge is -2.17. The maximum atomic E-state index is 12.0. The van der Waals surface area contributed by atoms with Crippen molar-refractivity contribution in [2.45, 2.75) is 0 Å². The molecule has 2 rings (SSSR count). The van der Waals surface area contributed by atoms with Crippen LogP contribution in [0.3, 0.4) is 0 Å². The van der Waals surface area contributed by atoms with E-state index in [4.69, 9.17) is 0 Å². The van der Waals surface area contributed by atoms with E-state index in [0.29, 0.717) is 23.7 Å². The van der Waals surface area contributed by atoms with Crippen molar-refractivity contribution in [3.05, 3.63) is 28.7 Å².